The number of hydrogen-bond acceptors (Lipinski definition) is 2. The first-order valence-corrected chi connectivity index (χ1v) is 9.84. The van der Waals surface area contributed by atoms with Gasteiger partial charge < -0.3 is 10.3 Å². The van der Waals surface area contributed by atoms with E-state index in [4.69, 9.17) is 5.73 Å². The van der Waals surface area contributed by atoms with E-state index in [0.717, 1.165) is 21.7 Å². The molecule has 0 aliphatic carbocycles. The highest BCUT2D eigenvalue weighted by atomic mass is 31.1. The number of benzene rings is 3. The molecule has 3 nitrogen and oxygen atoms in total. The summed E-state index contributed by atoms with van der Waals surface area (Å²) in [7, 11) is -1.79. The van der Waals surface area contributed by atoms with Gasteiger partial charge in [0.2, 0.25) is 5.91 Å². The van der Waals surface area contributed by atoms with Crippen LogP contribution in [0.1, 0.15) is 27.0 Å². The maximum absolute atomic E-state index is 12.0. The van der Waals surface area contributed by atoms with Gasteiger partial charge in [0.25, 0.3) is 0 Å². The zero-order chi connectivity index (χ0) is 19.1. The van der Waals surface area contributed by atoms with Crippen LogP contribution in [0.2, 0.25) is 0 Å². The monoisotopic (exact) mass is 365 g/mol. The van der Waals surface area contributed by atoms with E-state index >= 15 is 0 Å². The molecule has 3 aromatic rings. The van der Waals surface area contributed by atoms with Crippen LogP contribution in [0.3, 0.4) is 0 Å². The Kier molecular flexibility index (Phi) is 6.94. The van der Waals surface area contributed by atoms with Crippen molar-refractivity contribution in [1.82, 2.24) is 0 Å². The number of nitrogens with two attached hydrogens (primary N) is 1. The average Bonchev–Trinajstić information content (AvgIpc) is 2.67. The minimum atomic E-state index is -1.79. The molecule has 1 amide bonds. The van der Waals surface area contributed by atoms with Crippen LogP contribution in [0, 0.1) is 20.8 Å². The zero-order valence-electron chi connectivity index (χ0n) is 15.3. The van der Waals surface area contributed by atoms with Gasteiger partial charge in [0, 0.05) is 16.2 Å². The van der Waals surface area contributed by atoms with Gasteiger partial charge in [0.05, 0.1) is 0 Å². The van der Waals surface area contributed by atoms with Crippen LogP contribution in [0.4, 0.5) is 0 Å². The molecule has 3 rings (SSSR count). The van der Waals surface area contributed by atoms with Crippen molar-refractivity contribution in [2.24, 2.45) is 5.73 Å². The number of rotatable bonds is 3. The lowest BCUT2D eigenvalue weighted by Crippen LogP contribution is -2.13. The van der Waals surface area contributed by atoms with Crippen molar-refractivity contribution >= 4 is 24.3 Å². The highest BCUT2D eigenvalue weighted by Crippen LogP contribution is 2.18. The van der Waals surface area contributed by atoms with E-state index in [1.807, 2.05) is 87.5 Å². The highest BCUT2D eigenvalue weighted by molar-refractivity contribution is 7.61. The van der Waals surface area contributed by atoms with Crippen LogP contribution >= 0.6 is 7.80 Å². The molecule has 0 bridgehead atoms. The molecule has 0 spiro atoms. The number of aryl methyl sites for hydroxylation is 1. The van der Waals surface area contributed by atoms with Crippen LogP contribution < -0.4 is 16.3 Å². The van der Waals surface area contributed by atoms with E-state index in [1.165, 1.54) is 5.56 Å². The normalized spacial score (nSPS) is 10.2. The Hall–Kier alpha value is -2.64. The van der Waals surface area contributed by atoms with Crippen LogP contribution in [0.5, 0.6) is 0 Å². The summed E-state index contributed by atoms with van der Waals surface area (Å²) in [5.41, 5.74) is 9.14. The number of carbonyl (C=O) groups excluding carboxylic acids is 1. The molecule has 26 heavy (non-hydrogen) atoms. The predicted octanol–water partition coefficient (Wildman–Crippen LogP) is 3.91. The molecule has 4 heteroatoms. The predicted molar refractivity (Wildman–Crippen MR) is 110 cm³/mol. The number of hydrogen-bond donors (Lipinski definition) is 1. The minimum Gasteiger partial charge on any atom is -0.366 e. The fourth-order valence-corrected chi connectivity index (χ4v) is 3.89. The lowest BCUT2D eigenvalue weighted by Gasteiger charge is -2.07. The van der Waals surface area contributed by atoms with E-state index < -0.39 is 7.80 Å². The summed E-state index contributed by atoms with van der Waals surface area (Å²) < 4.78 is 12.0. The molecule has 0 heterocycles. The fourth-order valence-electron chi connectivity index (χ4n) is 2.57. The third-order valence-electron chi connectivity index (χ3n) is 4.40. The Morgan fingerprint density at radius 1 is 0.731 bits per heavy atom. The maximum atomic E-state index is 12.0. The fraction of sp³-hybridized carbons (Fsp3) is 0.136. The standard InChI is InChI=1S/C12H11OP.C10H13NO/c13-14(11-7-3-1-4-8-11)12-9-5-2-6-10-12;1-6-4-5-9(10(11)12)8(3)7(6)2/h1-10,14H;4-5H,1-3H3,(H2,11,12). The summed E-state index contributed by atoms with van der Waals surface area (Å²) in [5.74, 6) is -0.351. The maximum Gasteiger partial charge on any atom is 0.248 e. The zero-order valence-corrected chi connectivity index (χ0v) is 16.3. The van der Waals surface area contributed by atoms with Crippen molar-refractivity contribution in [2.75, 3.05) is 0 Å². The Labute approximate surface area is 155 Å². The SMILES string of the molecule is Cc1ccc(C(N)=O)c(C)c1C.O=[PH](c1ccccc1)c1ccccc1. The van der Waals surface area contributed by atoms with Crippen LogP contribution in [0.25, 0.3) is 0 Å². The Bertz CT molecular complexity index is 865. The molecular weight excluding hydrogens is 341 g/mol. The van der Waals surface area contributed by atoms with E-state index in [0.29, 0.717) is 5.56 Å². The molecule has 0 unspecified atom stereocenters. The van der Waals surface area contributed by atoms with Crippen molar-refractivity contribution in [3.8, 4) is 0 Å². The molecule has 134 valence electrons. The summed E-state index contributed by atoms with van der Waals surface area (Å²) in [6, 6.07) is 22.9. The molecule has 0 aliphatic rings. The quantitative estimate of drug-likeness (QED) is 0.716. The van der Waals surface area contributed by atoms with Gasteiger partial charge in [-0.3, -0.25) is 4.79 Å². The van der Waals surface area contributed by atoms with Gasteiger partial charge >= 0.3 is 0 Å². The van der Waals surface area contributed by atoms with Gasteiger partial charge in [-0.05, 0) is 43.5 Å². The molecule has 0 aliphatic heterocycles. The topological polar surface area (TPSA) is 60.2 Å². The number of primary amides is 1. The summed E-state index contributed by atoms with van der Waals surface area (Å²) >= 11 is 0. The molecule has 0 radical (unpaired) electrons. The molecule has 0 aromatic heterocycles. The third kappa shape index (κ3) is 4.93. The van der Waals surface area contributed by atoms with Gasteiger partial charge in [-0.2, -0.15) is 0 Å². The van der Waals surface area contributed by atoms with Crippen molar-refractivity contribution in [3.63, 3.8) is 0 Å². The summed E-state index contributed by atoms with van der Waals surface area (Å²) in [6.07, 6.45) is 0. The summed E-state index contributed by atoms with van der Waals surface area (Å²) in [5, 5.41) is 1.84. The van der Waals surface area contributed by atoms with E-state index in [2.05, 4.69) is 0 Å². The molecule has 0 saturated heterocycles. The van der Waals surface area contributed by atoms with Crippen LogP contribution in [-0.4, -0.2) is 5.91 Å². The molecule has 2 N–H and O–H groups in total. The number of carbonyl (C=O) groups is 1. The molecular formula is C22H24NO2P. The second-order valence-corrected chi connectivity index (χ2v) is 7.92. The van der Waals surface area contributed by atoms with Crippen LogP contribution in [-0.2, 0) is 4.57 Å². The van der Waals surface area contributed by atoms with Gasteiger partial charge in [0.1, 0.15) is 7.80 Å². The second kappa shape index (κ2) is 9.17. The van der Waals surface area contributed by atoms with Gasteiger partial charge in [0.15, 0.2) is 0 Å². The highest BCUT2D eigenvalue weighted by Gasteiger charge is 2.07. The summed E-state index contributed by atoms with van der Waals surface area (Å²) in [6.45, 7) is 5.94. The first-order chi connectivity index (χ1) is 12.4. The van der Waals surface area contributed by atoms with Gasteiger partial charge in [-0.1, -0.05) is 66.7 Å². The Balaban J connectivity index is 0.000000190. The van der Waals surface area contributed by atoms with Crippen LogP contribution in [0.15, 0.2) is 72.8 Å². The third-order valence-corrected chi connectivity index (χ3v) is 6.11. The van der Waals surface area contributed by atoms with Gasteiger partial charge in [-0.15, -0.1) is 0 Å². The van der Waals surface area contributed by atoms with Crippen molar-refractivity contribution < 1.29 is 9.36 Å². The van der Waals surface area contributed by atoms with E-state index in [1.54, 1.807) is 6.07 Å². The molecule has 0 fully saturated rings. The Morgan fingerprint density at radius 2 is 1.19 bits per heavy atom. The van der Waals surface area contributed by atoms with Crippen molar-refractivity contribution in [2.45, 2.75) is 20.8 Å². The lowest BCUT2D eigenvalue weighted by molar-refractivity contribution is 0.0999. The van der Waals surface area contributed by atoms with Gasteiger partial charge in [-0.25, -0.2) is 0 Å². The summed E-state index contributed by atoms with van der Waals surface area (Å²) in [4.78, 5) is 10.9. The first-order valence-electron chi connectivity index (χ1n) is 8.43. The van der Waals surface area contributed by atoms with Crippen molar-refractivity contribution in [3.05, 3.63) is 95.1 Å². The van der Waals surface area contributed by atoms with Crippen molar-refractivity contribution in [1.29, 1.82) is 0 Å². The molecule has 3 aromatic carbocycles. The largest absolute Gasteiger partial charge is 0.366 e. The first kappa shape index (κ1) is 19.7. The smallest absolute Gasteiger partial charge is 0.248 e. The Morgan fingerprint density at radius 3 is 1.62 bits per heavy atom. The molecule has 0 atom stereocenters. The van der Waals surface area contributed by atoms with E-state index in [-0.39, 0.29) is 5.91 Å². The molecule has 0 saturated carbocycles. The average molecular weight is 365 g/mol. The minimum absolute atomic E-state index is 0.351. The van der Waals surface area contributed by atoms with E-state index in [9.17, 15) is 9.36 Å². The lowest BCUT2D eigenvalue weighted by atomic mass is 9.99. The second-order valence-electron chi connectivity index (χ2n) is 6.11. The number of amides is 1.